The predicted octanol–water partition coefficient (Wildman–Crippen LogP) is 1.31. The molecule has 1 saturated carbocycles. The Morgan fingerprint density at radius 2 is 1.68 bits per heavy atom. The summed E-state index contributed by atoms with van der Waals surface area (Å²) in [5.74, 6) is 1.09. The molecule has 2 amide bonds. The van der Waals surface area contributed by atoms with Crippen molar-refractivity contribution in [1.82, 2.24) is 20.4 Å². The van der Waals surface area contributed by atoms with Crippen LogP contribution in [0.3, 0.4) is 0 Å². The lowest BCUT2D eigenvalue weighted by atomic mass is 9.85. The van der Waals surface area contributed by atoms with Crippen LogP contribution in [0.2, 0.25) is 0 Å². The number of hydrogen-bond acceptors (Lipinski definition) is 4. The zero-order chi connectivity index (χ0) is 19.4. The number of nitrogens with one attached hydrogen (secondary N) is 2. The largest absolute Gasteiger partial charge is 0.356 e. The third kappa shape index (κ3) is 4.69. The number of halogens is 1. The Bertz CT molecular complexity index is 590. The predicted molar refractivity (Wildman–Crippen MR) is 122 cm³/mol. The lowest BCUT2D eigenvalue weighted by molar-refractivity contribution is -0.140. The normalized spacial score (nSPS) is 28.1. The van der Waals surface area contributed by atoms with Crippen LogP contribution in [0.15, 0.2) is 17.1 Å². The minimum absolute atomic E-state index is 0. The van der Waals surface area contributed by atoms with Crippen molar-refractivity contribution >= 4 is 41.8 Å². The average molecular weight is 503 g/mol. The van der Waals surface area contributed by atoms with Gasteiger partial charge in [-0.15, -0.1) is 24.0 Å². The molecule has 7 nitrogen and oxygen atoms in total. The first-order valence-corrected chi connectivity index (χ1v) is 10.3. The van der Waals surface area contributed by atoms with E-state index in [0.29, 0.717) is 13.1 Å². The highest BCUT2D eigenvalue weighted by molar-refractivity contribution is 14.0. The van der Waals surface area contributed by atoms with Gasteiger partial charge in [-0.3, -0.25) is 19.5 Å². The van der Waals surface area contributed by atoms with Gasteiger partial charge in [0.15, 0.2) is 5.96 Å². The molecule has 3 rings (SSSR count). The van der Waals surface area contributed by atoms with Crippen molar-refractivity contribution in [2.45, 2.75) is 26.7 Å². The van der Waals surface area contributed by atoms with Gasteiger partial charge in [-0.25, -0.2) is 0 Å². The minimum Gasteiger partial charge on any atom is -0.356 e. The van der Waals surface area contributed by atoms with Gasteiger partial charge < -0.3 is 15.5 Å². The van der Waals surface area contributed by atoms with E-state index < -0.39 is 0 Å². The van der Waals surface area contributed by atoms with Crippen LogP contribution >= 0.6 is 24.0 Å². The van der Waals surface area contributed by atoms with Crippen molar-refractivity contribution in [2.75, 3.05) is 46.3 Å². The van der Waals surface area contributed by atoms with E-state index in [1.165, 1.54) is 4.90 Å². The maximum absolute atomic E-state index is 12.7. The van der Waals surface area contributed by atoms with Gasteiger partial charge >= 0.3 is 0 Å². The van der Waals surface area contributed by atoms with E-state index in [1.807, 2.05) is 0 Å². The van der Waals surface area contributed by atoms with Crippen molar-refractivity contribution in [1.29, 1.82) is 0 Å². The first kappa shape index (κ1) is 23.1. The van der Waals surface area contributed by atoms with Crippen LogP contribution in [0.1, 0.15) is 26.7 Å². The number of allylic oxidation sites excluding steroid dienone is 2. The number of carbonyl (C=O) groups is 2. The monoisotopic (exact) mass is 503 g/mol. The van der Waals surface area contributed by atoms with Crippen LogP contribution in [-0.2, 0) is 9.59 Å². The van der Waals surface area contributed by atoms with Gasteiger partial charge in [0.2, 0.25) is 11.8 Å². The van der Waals surface area contributed by atoms with Crippen LogP contribution < -0.4 is 10.6 Å². The third-order valence-corrected chi connectivity index (χ3v) is 6.25. The number of carbonyl (C=O) groups excluding carboxylic acids is 2. The maximum Gasteiger partial charge on any atom is 0.233 e. The molecule has 0 aromatic heterocycles. The molecular formula is C20H34IN5O2. The molecule has 2 N–H and O–H groups in total. The Morgan fingerprint density at radius 3 is 2.21 bits per heavy atom. The Hall–Kier alpha value is -1.16. The Morgan fingerprint density at radius 1 is 1.11 bits per heavy atom. The SMILES string of the molecule is CCN(CC)CCCNC(=NC)NCCN1C(=O)C2C3C=CC(C3)C2C1=O.I. The molecule has 8 heteroatoms. The lowest BCUT2D eigenvalue weighted by Crippen LogP contribution is -2.44. The van der Waals surface area contributed by atoms with Crippen LogP contribution in [-0.4, -0.2) is 73.9 Å². The summed E-state index contributed by atoms with van der Waals surface area (Å²) in [4.78, 5) is 33.4. The van der Waals surface area contributed by atoms with E-state index in [9.17, 15) is 9.59 Å². The number of guanidine groups is 1. The van der Waals surface area contributed by atoms with Crippen LogP contribution in [0.5, 0.6) is 0 Å². The fraction of sp³-hybridized carbons (Fsp3) is 0.750. The van der Waals surface area contributed by atoms with Crippen LogP contribution in [0, 0.1) is 23.7 Å². The second-order valence-corrected chi connectivity index (χ2v) is 7.63. The van der Waals surface area contributed by atoms with E-state index in [1.54, 1.807) is 7.05 Å². The van der Waals surface area contributed by atoms with Gasteiger partial charge in [0.05, 0.1) is 11.8 Å². The summed E-state index contributed by atoms with van der Waals surface area (Å²) in [6.45, 7) is 9.33. The standard InChI is InChI=1S/C20H33N5O2.HI/c1-4-24(5-2)11-6-9-22-20(21-3)23-10-12-25-18(26)16-14-7-8-15(13-14)17(16)19(25)27;/h7-8,14-17H,4-6,9-13H2,1-3H3,(H2,21,22,23);1H. The molecule has 28 heavy (non-hydrogen) atoms. The molecule has 0 radical (unpaired) electrons. The second kappa shape index (κ2) is 10.6. The number of rotatable bonds is 9. The smallest absolute Gasteiger partial charge is 0.233 e. The zero-order valence-electron chi connectivity index (χ0n) is 17.2. The van der Waals surface area contributed by atoms with E-state index in [4.69, 9.17) is 0 Å². The van der Waals surface area contributed by atoms with Crippen molar-refractivity contribution in [3.8, 4) is 0 Å². The molecule has 0 spiro atoms. The molecular weight excluding hydrogens is 469 g/mol. The van der Waals surface area contributed by atoms with Crippen molar-refractivity contribution < 1.29 is 9.59 Å². The molecule has 3 aliphatic rings. The Balaban J connectivity index is 0.00000280. The van der Waals surface area contributed by atoms with E-state index in [2.05, 4.69) is 46.5 Å². The van der Waals surface area contributed by atoms with Gasteiger partial charge in [-0.1, -0.05) is 26.0 Å². The van der Waals surface area contributed by atoms with Crippen LogP contribution in [0.25, 0.3) is 0 Å². The van der Waals surface area contributed by atoms with Crippen molar-refractivity contribution in [3.05, 3.63) is 12.2 Å². The molecule has 2 aliphatic carbocycles. The second-order valence-electron chi connectivity index (χ2n) is 7.63. The van der Waals surface area contributed by atoms with Gasteiger partial charge in [0.25, 0.3) is 0 Å². The highest BCUT2D eigenvalue weighted by atomic mass is 127. The number of likely N-dealkylation sites (tertiary alicyclic amines) is 1. The molecule has 0 aromatic rings. The van der Waals surface area contributed by atoms with Gasteiger partial charge in [-0.05, 0) is 44.3 Å². The van der Waals surface area contributed by atoms with Crippen molar-refractivity contribution in [3.63, 3.8) is 0 Å². The highest BCUT2D eigenvalue weighted by Crippen LogP contribution is 2.52. The Labute approximate surface area is 185 Å². The summed E-state index contributed by atoms with van der Waals surface area (Å²) in [6.07, 6.45) is 6.28. The van der Waals surface area contributed by atoms with E-state index in [-0.39, 0.29) is 59.5 Å². The molecule has 4 unspecified atom stereocenters. The molecule has 158 valence electrons. The number of amides is 2. The van der Waals surface area contributed by atoms with Gasteiger partial charge in [0, 0.05) is 26.7 Å². The van der Waals surface area contributed by atoms with Crippen molar-refractivity contribution in [2.24, 2.45) is 28.7 Å². The summed E-state index contributed by atoms with van der Waals surface area (Å²) in [7, 11) is 1.74. The van der Waals surface area contributed by atoms with Gasteiger partial charge in [-0.2, -0.15) is 0 Å². The summed E-state index contributed by atoms with van der Waals surface area (Å²) >= 11 is 0. The molecule has 2 bridgehead atoms. The molecule has 2 fully saturated rings. The van der Waals surface area contributed by atoms with E-state index >= 15 is 0 Å². The number of nitrogens with zero attached hydrogens (tertiary/aromatic N) is 3. The quantitative estimate of drug-likeness (QED) is 0.124. The maximum atomic E-state index is 12.7. The summed E-state index contributed by atoms with van der Waals surface area (Å²) in [5, 5.41) is 6.52. The molecule has 4 atom stereocenters. The molecule has 0 aromatic carbocycles. The zero-order valence-corrected chi connectivity index (χ0v) is 19.5. The summed E-state index contributed by atoms with van der Waals surface area (Å²) < 4.78 is 0. The molecule has 1 saturated heterocycles. The number of hydrogen-bond donors (Lipinski definition) is 2. The Kier molecular flexibility index (Phi) is 8.73. The van der Waals surface area contributed by atoms with Crippen LogP contribution in [0.4, 0.5) is 0 Å². The highest BCUT2D eigenvalue weighted by Gasteiger charge is 2.58. The average Bonchev–Trinajstić information content (AvgIpc) is 3.36. The first-order chi connectivity index (χ1) is 13.1. The summed E-state index contributed by atoms with van der Waals surface area (Å²) in [5.41, 5.74) is 0. The van der Waals surface area contributed by atoms with Gasteiger partial charge in [0.1, 0.15) is 0 Å². The van der Waals surface area contributed by atoms with E-state index in [0.717, 1.165) is 45.0 Å². The third-order valence-electron chi connectivity index (χ3n) is 6.25. The topological polar surface area (TPSA) is 77.0 Å². The number of imide groups is 1. The lowest BCUT2D eigenvalue weighted by Gasteiger charge is -2.20. The minimum atomic E-state index is -0.106. The number of fused-ring (bicyclic) bond motifs is 5. The first-order valence-electron chi connectivity index (χ1n) is 10.3. The fourth-order valence-electron chi connectivity index (χ4n) is 4.74. The molecule has 1 aliphatic heterocycles. The summed E-state index contributed by atoms with van der Waals surface area (Å²) in [6, 6.07) is 0. The fourth-order valence-corrected chi connectivity index (χ4v) is 4.74. The number of aliphatic imine (C=N–C) groups is 1. The molecule has 1 heterocycles.